The van der Waals surface area contributed by atoms with Crippen LogP contribution in [0.3, 0.4) is 0 Å². The molecule has 0 bridgehead atoms. The van der Waals surface area contributed by atoms with Gasteiger partial charge in [-0.25, -0.2) is 0 Å². The predicted octanol–water partition coefficient (Wildman–Crippen LogP) is 2.06. The van der Waals surface area contributed by atoms with Gasteiger partial charge in [0.25, 0.3) is 0 Å². The van der Waals surface area contributed by atoms with E-state index in [4.69, 9.17) is 23.2 Å². The van der Waals surface area contributed by atoms with Crippen molar-refractivity contribution in [1.82, 2.24) is 9.59 Å². The summed E-state index contributed by atoms with van der Waals surface area (Å²) < 4.78 is 2.69. The highest BCUT2D eigenvalue weighted by molar-refractivity contribution is 7.10. The Labute approximate surface area is 94.8 Å². The summed E-state index contributed by atoms with van der Waals surface area (Å²) in [6, 6.07) is 0. The molecule has 1 N–H and O–H groups in total. The summed E-state index contributed by atoms with van der Waals surface area (Å²) in [5, 5.41) is 6.87. The molecule has 1 atom stereocenters. The van der Waals surface area contributed by atoms with Crippen molar-refractivity contribution in [3.8, 4) is 0 Å². The van der Waals surface area contributed by atoms with Crippen molar-refractivity contribution in [1.29, 1.82) is 0 Å². The van der Waals surface area contributed by atoms with Crippen molar-refractivity contribution in [2.24, 2.45) is 5.41 Å². The summed E-state index contributed by atoms with van der Waals surface area (Å²) in [6.45, 7) is 1.73. The second kappa shape index (κ2) is 3.05. The zero-order valence-electron chi connectivity index (χ0n) is 7.25. The average Bonchev–Trinajstić information content (AvgIpc) is 2.54. The normalized spacial score (nSPS) is 28.5. The van der Waals surface area contributed by atoms with Crippen molar-refractivity contribution in [3.63, 3.8) is 0 Å². The molecule has 4 nitrogen and oxygen atoms in total. The first kappa shape index (κ1) is 10.1. The number of rotatable bonds is 2. The minimum Gasteiger partial charge on any atom is -0.315 e. The lowest BCUT2D eigenvalue weighted by Crippen LogP contribution is -2.25. The summed E-state index contributed by atoms with van der Waals surface area (Å²) in [6.07, 6.45) is 1.96. The second-order valence-electron chi connectivity index (χ2n) is 3.45. The molecule has 1 aromatic rings. The van der Waals surface area contributed by atoms with Crippen molar-refractivity contribution in [3.05, 3.63) is 6.20 Å². The summed E-state index contributed by atoms with van der Waals surface area (Å²) in [5.41, 5.74) is -0.694. The Balaban J connectivity index is 2.05. The van der Waals surface area contributed by atoms with Gasteiger partial charge in [0.05, 0.1) is 11.6 Å². The fourth-order valence-corrected chi connectivity index (χ4v) is 2.24. The minimum atomic E-state index is -0.935. The molecule has 1 heterocycles. The Bertz CT molecular complexity index is 367. The first-order chi connectivity index (χ1) is 6.46. The average molecular weight is 252 g/mol. The Morgan fingerprint density at radius 3 is 2.79 bits per heavy atom. The van der Waals surface area contributed by atoms with E-state index in [9.17, 15) is 4.79 Å². The molecule has 14 heavy (non-hydrogen) atoms. The molecule has 0 radical (unpaired) electrons. The van der Waals surface area contributed by atoms with Gasteiger partial charge in [-0.05, 0) is 13.3 Å². The van der Waals surface area contributed by atoms with Crippen molar-refractivity contribution in [2.45, 2.75) is 17.7 Å². The van der Waals surface area contributed by atoms with Gasteiger partial charge < -0.3 is 5.32 Å². The van der Waals surface area contributed by atoms with E-state index in [1.165, 1.54) is 6.20 Å². The van der Waals surface area contributed by atoms with Gasteiger partial charge in [-0.1, -0.05) is 4.49 Å². The molecule has 1 aromatic heterocycles. The highest BCUT2D eigenvalue weighted by Crippen LogP contribution is 2.64. The molecule has 1 amide bonds. The maximum absolute atomic E-state index is 11.7. The van der Waals surface area contributed by atoms with Crippen molar-refractivity contribution < 1.29 is 4.79 Å². The van der Waals surface area contributed by atoms with E-state index in [0.717, 1.165) is 11.5 Å². The Hall–Kier alpha value is -0.390. The van der Waals surface area contributed by atoms with Crippen molar-refractivity contribution >= 4 is 45.6 Å². The van der Waals surface area contributed by atoms with Crippen LogP contribution in [0, 0.1) is 5.41 Å². The summed E-state index contributed by atoms with van der Waals surface area (Å²) in [7, 11) is 0. The number of nitrogens with zero attached hydrogens (tertiary/aromatic N) is 2. The number of hydrogen-bond donors (Lipinski definition) is 1. The Morgan fingerprint density at radius 2 is 2.36 bits per heavy atom. The number of alkyl halides is 2. The van der Waals surface area contributed by atoms with Crippen molar-refractivity contribution in [2.75, 3.05) is 5.32 Å². The third-order valence-corrected chi connectivity index (χ3v) is 4.04. The maximum Gasteiger partial charge on any atom is 0.234 e. The van der Waals surface area contributed by atoms with E-state index in [1.54, 1.807) is 6.92 Å². The number of hydrogen-bond acceptors (Lipinski definition) is 4. The van der Waals surface area contributed by atoms with Crippen LogP contribution in [0.1, 0.15) is 13.3 Å². The molecule has 0 unspecified atom stereocenters. The Morgan fingerprint density at radius 1 is 1.71 bits per heavy atom. The van der Waals surface area contributed by atoms with Crippen LogP contribution in [0.5, 0.6) is 0 Å². The van der Waals surface area contributed by atoms with E-state index in [1.807, 2.05) is 0 Å². The van der Waals surface area contributed by atoms with E-state index in [0.29, 0.717) is 11.4 Å². The van der Waals surface area contributed by atoms with Gasteiger partial charge in [-0.2, -0.15) is 0 Å². The SMILES string of the molecule is C[C@]1(C(=O)Nc2cnns2)CC1(Cl)Cl. The van der Waals surface area contributed by atoms with Gasteiger partial charge in [0.2, 0.25) is 5.91 Å². The number of carbonyl (C=O) groups is 1. The first-order valence-electron chi connectivity index (χ1n) is 3.92. The highest BCUT2D eigenvalue weighted by atomic mass is 35.5. The van der Waals surface area contributed by atoms with Crippen LogP contribution in [0.15, 0.2) is 6.20 Å². The van der Waals surface area contributed by atoms with Crippen LogP contribution in [-0.4, -0.2) is 19.8 Å². The fourth-order valence-electron chi connectivity index (χ4n) is 1.12. The van der Waals surface area contributed by atoms with Gasteiger partial charge in [-0.3, -0.25) is 4.79 Å². The first-order valence-corrected chi connectivity index (χ1v) is 5.45. The number of amides is 1. The predicted molar refractivity (Wildman–Crippen MR) is 55.7 cm³/mol. The van der Waals surface area contributed by atoms with Gasteiger partial charge in [0.15, 0.2) is 0 Å². The number of halogens is 2. The van der Waals surface area contributed by atoms with Gasteiger partial charge in [0, 0.05) is 11.5 Å². The quantitative estimate of drug-likeness (QED) is 0.819. The van der Waals surface area contributed by atoms with Crippen LogP contribution in [0.25, 0.3) is 0 Å². The zero-order chi connectivity index (χ0) is 10.4. The van der Waals surface area contributed by atoms with Gasteiger partial charge >= 0.3 is 0 Å². The van der Waals surface area contributed by atoms with Crippen LogP contribution in [-0.2, 0) is 4.79 Å². The molecule has 0 aromatic carbocycles. The second-order valence-corrected chi connectivity index (χ2v) is 5.72. The topological polar surface area (TPSA) is 54.9 Å². The number of anilines is 1. The molecule has 1 saturated carbocycles. The summed E-state index contributed by atoms with van der Waals surface area (Å²) in [5.74, 6) is -0.187. The molecular weight excluding hydrogens is 245 g/mol. The van der Waals surface area contributed by atoms with Gasteiger partial charge in [0.1, 0.15) is 9.33 Å². The van der Waals surface area contributed by atoms with Crippen LogP contribution in [0.2, 0.25) is 0 Å². The fraction of sp³-hybridized carbons (Fsp3) is 0.571. The highest BCUT2D eigenvalue weighted by Gasteiger charge is 2.67. The number of aromatic nitrogens is 2. The molecular formula is C7H7Cl2N3OS. The molecule has 0 saturated heterocycles. The van der Waals surface area contributed by atoms with Crippen LogP contribution in [0.4, 0.5) is 5.00 Å². The number of nitrogens with one attached hydrogen (secondary N) is 1. The molecule has 7 heteroatoms. The molecule has 1 aliphatic rings. The molecule has 2 rings (SSSR count). The maximum atomic E-state index is 11.7. The molecule has 76 valence electrons. The van der Waals surface area contributed by atoms with E-state index < -0.39 is 9.75 Å². The van der Waals surface area contributed by atoms with E-state index >= 15 is 0 Å². The lowest BCUT2D eigenvalue weighted by atomic mass is 10.1. The zero-order valence-corrected chi connectivity index (χ0v) is 9.58. The third-order valence-electron chi connectivity index (χ3n) is 2.36. The lowest BCUT2D eigenvalue weighted by Gasteiger charge is -2.10. The Kier molecular flexibility index (Phi) is 2.21. The number of carbonyl (C=O) groups excluding carboxylic acids is 1. The van der Waals surface area contributed by atoms with Crippen LogP contribution < -0.4 is 5.32 Å². The summed E-state index contributed by atoms with van der Waals surface area (Å²) in [4.78, 5) is 11.7. The third kappa shape index (κ3) is 1.49. The van der Waals surface area contributed by atoms with E-state index in [-0.39, 0.29) is 5.91 Å². The summed E-state index contributed by atoms with van der Waals surface area (Å²) >= 11 is 12.8. The van der Waals surface area contributed by atoms with Gasteiger partial charge in [-0.15, -0.1) is 28.3 Å². The molecule has 0 spiro atoms. The van der Waals surface area contributed by atoms with E-state index in [2.05, 4.69) is 14.9 Å². The van der Waals surface area contributed by atoms with Crippen LogP contribution >= 0.6 is 34.7 Å². The molecule has 1 fully saturated rings. The molecule has 0 aliphatic heterocycles. The standard InChI is InChI=1S/C7H7Cl2N3OS/c1-6(3-7(6,8)9)5(13)11-4-2-10-12-14-4/h2H,3H2,1H3,(H,11,13)/t6-/m1/s1. The molecule has 1 aliphatic carbocycles. The minimum absolute atomic E-state index is 0.187. The monoisotopic (exact) mass is 251 g/mol. The lowest BCUT2D eigenvalue weighted by molar-refractivity contribution is -0.120. The largest absolute Gasteiger partial charge is 0.315 e. The smallest absolute Gasteiger partial charge is 0.234 e.